The maximum atomic E-state index is 12.0. The van der Waals surface area contributed by atoms with E-state index in [2.05, 4.69) is 45.9 Å². The highest BCUT2D eigenvalue weighted by Gasteiger charge is 2.36. The van der Waals surface area contributed by atoms with Gasteiger partial charge in [0, 0.05) is 16.4 Å². The SMILES string of the molecule is C=NC(=O)C(C)(SCN[C@@H](C)c1ccccc1Br)C(C)C. The number of nitrogens with zero attached hydrogens (tertiary/aromatic N) is 1. The van der Waals surface area contributed by atoms with Crippen molar-refractivity contribution < 1.29 is 4.79 Å². The molecule has 0 fully saturated rings. The molecule has 0 saturated carbocycles. The van der Waals surface area contributed by atoms with Gasteiger partial charge in [0.1, 0.15) is 0 Å². The molecule has 0 bridgehead atoms. The number of carbonyl (C=O) groups is 1. The number of thioether (sulfide) groups is 1. The Morgan fingerprint density at radius 2 is 2.05 bits per heavy atom. The fourth-order valence-corrected chi connectivity index (χ4v) is 3.67. The number of carbonyl (C=O) groups excluding carboxylic acids is 1. The zero-order chi connectivity index (χ0) is 16.0. The summed E-state index contributed by atoms with van der Waals surface area (Å²) >= 11 is 5.15. The molecule has 0 aliphatic rings. The molecule has 0 aromatic heterocycles. The zero-order valence-corrected chi connectivity index (χ0v) is 15.4. The van der Waals surface area contributed by atoms with Gasteiger partial charge in [0.05, 0.1) is 4.75 Å². The highest BCUT2D eigenvalue weighted by atomic mass is 79.9. The molecule has 2 atom stereocenters. The van der Waals surface area contributed by atoms with Crippen molar-refractivity contribution in [2.75, 3.05) is 5.88 Å². The third kappa shape index (κ3) is 4.66. The standard InChI is InChI=1S/C16H23BrN2OS/c1-11(2)16(4,15(20)18-5)21-10-19-12(3)13-8-6-7-9-14(13)17/h6-9,11-12,19H,5,10H2,1-4H3/t12-,16?/m0/s1. The van der Waals surface area contributed by atoms with Crippen LogP contribution >= 0.6 is 27.7 Å². The maximum absolute atomic E-state index is 12.0. The third-order valence-corrected chi connectivity index (χ3v) is 6.08. The molecule has 21 heavy (non-hydrogen) atoms. The molecule has 3 nitrogen and oxygen atoms in total. The van der Waals surface area contributed by atoms with Crippen LogP contribution in [0.25, 0.3) is 0 Å². The van der Waals surface area contributed by atoms with Crippen LogP contribution in [0.1, 0.15) is 39.3 Å². The van der Waals surface area contributed by atoms with Crippen molar-refractivity contribution in [1.29, 1.82) is 0 Å². The van der Waals surface area contributed by atoms with Gasteiger partial charge in [-0.3, -0.25) is 4.79 Å². The lowest BCUT2D eigenvalue weighted by Gasteiger charge is -2.30. The van der Waals surface area contributed by atoms with E-state index >= 15 is 0 Å². The summed E-state index contributed by atoms with van der Waals surface area (Å²) in [6.45, 7) is 11.5. The van der Waals surface area contributed by atoms with Crippen molar-refractivity contribution >= 4 is 40.3 Å². The van der Waals surface area contributed by atoms with E-state index in [4.69, 9.17) is 0 Å². The van der Waals surface area contributed by atoms with Crippen molar-refractivity contribution in [3.8, 4) is 0 Å². The van der Waals surface area contributed by atoms with Crippen LogP contribution < -0.4 is 5.32 Å². The van der Waals surface area contributed by atoms with Crippen LogP contribution in [-0.2, 0) is 4.79 Å². The maximum Gasteiger partial charge on any atom is 0.261 e. The minimum atomic E-state index is -0.539. The summed E-state index contributed by atoms with van der Waals surface area (Å²) in [5.41, 5.74) is 1.21. The van der Waals surface area contributed by atoms with E-state index in [1.807, 2.05) is 39.0 Å². The van der Waals surface area contributed by atoms with Crippen LogP contribution in [0.5, 0.6) is 0 Å². The van der Waals surface area contributed by atoms with Crippen molar-refractivity contribution in [3.63, 3.8) is 0 Å². The fourth-order valence-electron chi connectivity index (χ4n) is 1.89. The van der Waals surface area contributed by atoms with Crippen molar-refractivity contribution in [2.24, 2.45) is 10.9 Å². The number of nitrogens with one attached hydrogen (secondary N) is 1. The molecule has 0 spiro atoms. The Hall–Kier alpha value is -0.650. The smallest absolute Gasteiger partial charge is 0.261 e. The van der Waals surface area contributed by atoms with Crippen molar-refractivity contribution in [3.05, 3.63) is 34.3 Å². The zero-order valence-electron chi connectivity index (χ0n) is 13.0. The lowest BCUT2D eigenvalue weighted by molar-refractivity contribution is -0.120. The highest BCUT2D eigenvalue weighted by Crippen LogP contribution is 2.34. The first-order valence-electron chi connectivity index (χ1n) is 6.95. The molecule has 1 unspecified atom stereocenters. The van der Waals surface area contributed by atoms with E-state index in [-0.39, 0.29) is 17.9 Å². The normalized spacial score (nSPS) is 15.5. The summed E-state index contributed by atoms with van der Waals surface area (Å²) in [6, 6.07) is 8.35. The molecule has 1 aromatic carbocycles. The number of aliphatic imine (C=N–C) groups is 1. The number of amides is 1. The first-order chi connectivity index (χ1) is 9.82. The van der Waals surface area contributed by atoms with Gasteiger partial charge < -0.3 is 5.32 Å². The van der Waals surface area contributed by atoms with Gasteiger partial charge in [-0.1, -0.05) is 48.0 Å². The van der Waals surface area contributed by atoms with Gasteiger partial charge in [0.2, 0.25) is 0 Å². The Labute approximate surface area is 140 Å². The summed E-state index contributed by atoms with van der Waals surface area (Å²) < 4.78 is 0.549. The first kappa shape index (κ1) is 18.4. The van der Waals surface area contributed by atoms with Gasteiger partial charge in [-0.15, -0.1) is 11.8 Å². The molecule has 1 rings (SSSR count). The van der Waals surface area contributed by atoms with E-state index in [0.717, 1.165) is 4.47 Å². The summed E-state index contributed by atoms with van der Waals surface area (Å²) in [6.07, 6.45) is 0. The van der Waals surface area contributed by atoms with E-state index in [9.17, 15) is 4.79 Å². The average Bonchev–Trinajstić information content (AvgIpc) is 2.46. The van der Waals surface area contributed by atoms with E-state index in [0.29, 0.717) is 5.88 Å². The first-order valence-corrected chi connectivity index (χ1v) is 8.73. The van der Waals surface area contributed by atoms with Gasteiger partial charge in [-0.2, -0.15) is 0 Å². The van der Waals surface area contributed by atoms with E-state index < -0.39 is 4.75 Å². The van der Waals surface area contributed by atoms with Gasteiger partial charge >= 0.3 is 0 Å². The van der Waals surface area contributed by atoms with Gasteiger partial charge in [0.15, 0.2) is 0 Å². The molecule has 0 aliphatic heterocycles. The minimum absolute atomic E-state index is 0.155. The van der Waals surface area contributed by atoms with Crippen molar-refractivity contribution in [1.82, 2.24) is 5.32 Å². The molecule has 0 aliphatic carbocycles. The van der Waals surface area contributed by atoms with Crippen LogP contribution in [0, 0.1) is 5.92 Å². The Bertz CT molecular complexity index is 507. The Balaban J connectivity index is 2.65. The Morgan fingerprint density at radius 3 is 2.57 bits per heavy atom. The molecule has 1 N–H and O–H groups in total. The second kappa shape index (κ2) is 8.11. The van der Waals surface area contributed by atoms with Gasteiger partial charge in [-0.25, -0.2) is 4.99 Å². The Morgan fingerprint density at radius 1 is 1.43 bits per heavy atom. The molecule has 116 valence electrons. The summed E-state index contributed by atoms with van der Waals surface area (Å²) in [5, 5.41) is 3.45. The van der Waals surface area contributed by atoms with Gasteiger partial charge in [-0.05, 0) is 38.1 Å². The van der Waals surface area contributed by atoms with E-state index in [1.165, 1.54) is 5.56 Å². The number of rotatable bonds is 7. The third-order valence-electron chi connectivity index (χ3n) is 3.80. The number of halogens is 1. The largest absolute Gasteiger partial charge is 0.301 e. The predicted molar refractivity (Wildman–Crippen MR) is 95.9 cm³/mol. The molecule has 0 heterocycles. The topological polar surface area (TPSA) is 41.5 Å². The Kier molecular flexibility index (Phi) is 7.10. The summed E-state index contributed by atoms with van der Waals surface area (Å²) in [4.78, 5) is 15.6. The van der Waals surface area contributed by atoms with Crippen LogP contribution in [0.4, 0.5) is 0 Å². The van der Waals surface area contributed by atoms with Gasteiger partial charge in [0.25, 0.3) is 5.91 Å². The monoisotopic (exact) mass is 370 g/mol. The second-order valence-corrected chi connectivity index (χ2v) is 7.74. The van der Waals surface area contributed by atoms with Crippen LogP contribution in [0.3, 0.4) is 0 Å². The average molecular weight is 371 g/mol. The number of hydrogen-bond donors (Lipinski definition) is 1. The highest BCUT2D eigenvalue weighted by molar-refractivity contribution is 9.10. The van der Waals surface area contributed by atoms with Crippen LogP contribution in [0.15, 0.2) is 33.7 Å². The molecular formula is C16H23BrN2OS. The lowest BCUT2D eigenvalue weighted by atomic mass is 9.96. The predicted octanol–water partition coefficient (Wildman–Crippen LogP) is 4.43. The summed E-state index contributed by atoms with van der Waals surface area (Å²) in [7, 11) is 0. The summed E-state index contributed by atoms with van der Waals surface area (Å²) in [5.74, 6) is 0.720. The van der Waals surface area contributed by atoms with Crippen molar-refractivity contribution in [2.45, 2.75) is 38.5 Å². The van der Waals surface area contributed by atoms with Crippen LogP contribution in [0.2, 0.25) is 0 Å². The quantitative estimate of drug-likeness (QED) is 0.569. The molecular weight excluding hydrogens is 348 g/mol. The molecule has 0 radical (unpaired) electrons. The number of hydrogen-bond acceptors (Lipinski definition) is 3. The molecule has 0 saturated heterocycles. The molecule has 1 aromatic rings. The van der Waals surface area contributed by atoms with Crippen LogP contribution in [-0.4, -0.2) is 23.2 Å². The van der Waals surface area contributed by atoms with E-state index in [1.54, 1.807) is 11.8 Å². The number of benzene rings is 1. The lowest BCUT2D eigenvalue weighted by Crippen LogP contribution is -2.38. The molecule has 5 heteroatoms. The molecule has 1 amide bonds. The fraction of sp³-hybridized carbons (Fsp3) is 0.500. The second-order valence-electron chi connectivity index (χ2n) is 5.46. The minimum Gasteiger partial charge on any atom is -0.301 e.